The minimum Gasteiger partial charge on any atom is -0.441 e. The van der Waals surface area contributed by atoms with Crippen LogP contribution in [-0.2, 0) is 25.9 Å². The number of hydrogen-bond donors (Lipinski definition) is 1. The molecule has 4 rings (SSSR count). The van der Waals surface area contributed by atoms with E-state index in [2.05, 4.69) is 29.0 Å². The normalized spacial score (nSPS) is 22.0. The maximum atomic E-state index is 12.9. The van der Waals surface area contributed by atoms with Crippen LogP contribution in [0.25, 0.3) is 11.1 Å². The van der Waals surface area contributed by atoms with Gasteiger partial charge in [0.2, 0.25) is 10.0 Å². The van der Waals surface area contributed by atoms with Gasteiger partial charge in [-0.3, -0.25) is 0 Å². The minimum absolute atomic E-state index is 0.224. The van der Waals surface area contributed by atoms with Gasteiger partial charge in [0.1, 0.15) is 0 Å². The number of sulfonamides is 1. The highest BCUT2D eigenvalue weighted by atomic mass is 32.2. The van der Waals surface area contributed by atoms with E-state index in [9.17, 15) is 13.2 Å². The molecule has 2 atom stereocenters. The molecule has 31 heavy (non-hydrogen) atoms. The lowest BCUT2D eigenvalue weighted by atomic mass is 9.90. The molecule has 0 radical (unpaired) electrons. The molecular weight excluding hydrogens is 416 g/mol. The van der Waals surface area contributed by atoms with Crippen molar-refractivity contribution < 1.29 is 22.7 Å². The van der Waals surface area contributed by atoms with Crippen LogP contribution in [0, 0.1) is 0 Å². The maximum Gasteiger partial charge on any atom is 0.410 e. The smallest absolute Gasteiger partial charge is 0.410 e. The van der Waals surface area contributed by atoms with Crippen molar-refractivity contribution >= 4 is 16.1 Å². The molecule has 0 bridgehead atoms. The predicted octanol–water partition coefficient (Wildman–Crippen LogP) is 2.81. The Hall–Kier alpha value is -2.42. The Bertz CT molecular complexity index is 1010. The topological polar surface area (TPSA) is 84.9 Å². The quantitative estimate of drug-likeness (QED) is 0.741. The predicted molar refractivity (Wildman–Crippen MR) is 118 cm³/mol. The summed E-state index contributed by atoms with van der Waals surface area (Å²) in [6, 6.07) is 17.5. The molecule has 2 aromatic rings. The molecule has 0 aromatic heterocycles. The first-order valence-electron chi connectivity index (χ1n) is 10.6. The van der Waals surface area contributed by atoms with Gasteiger partial charge in [0, 0.05) is 12.6 Å². The molecule has 0 aliphatic carbocycles. The number of nitrogens with zero attached hydrogens (tertiary/aromatic N) is 1. The Morgan fingerprint density at radius 3 is 2.55 bits per heavy atom. The van der Waals surface area contributed by atoms with Crippen LogP contribution >= 0.6 is 0 Å². The van der Waals surface area contributed by atoms with Crippen LogP contribution in [0.3, 0.4) is 0 Å². The van der Waals surface area contributed by atoms with Crippen molar-refractivity contribution in [3.63, 3.8) is 0 Å². The van der Waals surface area contributed by atoms with E-state index in [1.807, 2.05) is 30.3 Å². The van der Waals surface area contributed by atoms with Crippen LogP contribution in [0.15, 0.2) is 54.6 Å². The Balaban J connectivity index is 1.58. The first-order valence-corrected chi connectivity index (χ1v) is 12.4. The zero-order valence-corrected chi connectivity index (χ0v) is 18.4. The Kier molecular flexibility index (Phi) is 6.60. The summed E-state index contributed by atoms with van der Waals surface area (Å²) in [6.45, 7) is 1.36. The molecular formula is C23H28N2O5S. The zero-order valence-electron chi connectivity index (χ0n) is 17.6. The fraction of sp³-hybridized carbons (Fsp3) is 0.435. The molecule has 0 spiro atoms. The average Bonchev–Trinajstić information content (AvgIpc) is 2.71. The van der Waals surface area contributed by atoms with E-state index >= 15 is 0 Å². The molecule has 1 amide bonds. The van der Waals surface area contributed by atoms with Gasteiger partial charge in [-0.25, -0.2) is 17.9 Å². The summed E-state index contributed by atoms with van der Waals surface area (Å²) in [7, 11) is -3.41. The fourth-order valence-corrected chi connectivity index (χ4v) is 5.02. The fourth-order valence-electron chi connectivity index (χ4n) is 4.19. The van der Waals surface area contributed by atoms with E-state index in [-0.39, 0.29) is 18.2 Å². The highest BCUT2D eigenvalue weighted by Gasteiger charge is 2.38. The standard InChI is InChI=1S/C23H28N2O5S/c1-31(27,28)24-21-11-6-12-25(23(26)30-20-15-29-16-20)22(21)14-17-7-5-10-19(13-17)18-8-3-2-4-9-18/h2-5,7-10,13,20-22,24H,6,11-12,14-16H2,1H3/t21-,22-/m0/s1. The second kappa shape index (κ2) is 9.38. The molecule has 2 aromatic carbocycles. The van der Waals surface area contributed by atoms with Crippen LogP contribution < -0.4 is 4.72 Å². The van der Waals surface area contributed by atoms with Gasteiger partial charge in [-0.05, 0) is 36.0 Å². The van der Waals surface area contributed by atoms with E-state index in [0.29, 0.717) is 39.0 Å². The summed E-state index contributed by atoms with van der Waals surface area (Å²) in [6.07, 6.45) is 2.44. The lowest BCUT2D eigenvalue weighted by Gasteiger charge is -2.41. The Morgan fingerprint density at radius 2 is 1.87 bits per heavy atom. The maximum absolute atomic E-state index is 12.9. The van der Waals surface area contributed by atoms with E-state index in [1.54, 1.807) is 4.90 Å². The van der Waals surface area contributed by atoms with Crippen molar-refractivity contribution in [2.24, 2.45) is 0 Å². The second-order valence-electron chi connectivity index (χ2n) is 8.21. The number of rotatable bonds is 6. The van der Waals surface area contributed by atoms with Crippen molar-refractivity contribution in [1.29, 1.82) is 0 Å². The molecule has 166 valence electrons. The molecule has 1 N–H and O–H groups in total. The van der Waals surface area contributed by atoms with Crippen molar-refractivity contribution in [2.75, 3.05) is 26.0 Å². The number of benzene rings is 2. The summed E-state index contributed by atoms with van der Waals surface area (Å²) in [5.74, 6) is 0. The molecule has 2 heterocycles. The number of amides is 1. The highest BCUT2D eigenvalue weighted by molar-refractivity contribution is 7.88. The summed E-state index contributed by atoms with van der Waals surface area (Å²) in [4.78, 5) is 14.6. The molecule has 0 unspecified atom stereocenters. The number of carbonyl (C=O) groups is 1. The van der Waals surface area contributed by atoms with E-state index in [4.69, 9.17) is 9.47 Å². The van der Waals surface area contributed by atoms with Gasteiger partial charge in [0.05, 0.1) is 25.5 Å². The van der Waals surface area contributed by atoms with E-state index in [1.165, 1.54) is 0 Å². The van der Waals surface area contributed by atoms with Crippen molar-refractivity contribution in [1.82, 2.24) is 9.62 Å². The van der Waals surface area contributed by atoms with Gasteiger partial charge in [0.15, 0.2) is 6.10 Å². The van der Waals surface area contributed by atoms with Crippen molar-refractivity contribution in [3.05, 3.63) is 60.2 Å². The third kappa shape index (κ3) is 5.64. The number of hydrogen-bond acceptors (Lipinski definition) is 5. The summed E-state index contributed by atoms with van der Waals surface area (Å²) >= 11 is 0. The number of piperidine rings is 1. The zero-order chi connectivity index (χ0) is 21.8. The van der Waals surface area contributed by atoms with Crippen LogP contribution in [0.1, 0.15) is 18.4 Å². The Labute approximate surface area is 183 Å². The molecule has 2 aliphatic rings. The van der Waals surface area contributed by atoms with Crippen molar-refractivity contribution in [2.45, 2.75) is 37.5 Å². The average molecular weight is 445 g/mol. The molecule has 2 fully saturated rings. The summed E-state index contributed by atoms with van der Waals surface area (Å²) in [5, 5.41) is 0. The first kappa shape index (κ1) is 21.8. The van der Waals surface area contributed by atoms with Crippen LogP contribution in [-0.4, -0.2) is 63.6 Å². The number of ether oxygens (including phenoxy) is 2. The molecule has 7 nitrogen and oxygen atoms in total. The number of likely N-dealkylation sites (tertiary alicyclic amines) is 1. The lowest BCUT2D eigenvalue weighted by Crippen LogP contribution is -2.58. The summed E-state index contributed by atoms with van der Waals surface area (Å²) < 4.78 is 37.4. The SMILES string of the molecule is CS(=O)(=O)N[C@H]1CCCN(C(=O)OC2COC2)[C@H]1Cc1cccc(-c2ccccc2)c1. The minimum atomic E-state index is -3.41. The highest BCUT2D eigenvalue weighted by Crippen LogP contribution is 2.26. The van der Waals surface area contributed by atoms with Gasteiger partial charge in [-0.1, -0.05) is 54.6 Å². The van der Waals surface area contributed by atoms with Gasteiger partial charge < -0.3 is 14.4 Å². The summed E-state index contributed by atoms with van der Waals surface area (Å²) in [5.41, 5.74) is 3.24. The Morgan fingerprint density at radius 1 is 1.13 bits per heavy atom. The third-order valence-corrected chi connectivity index (χ3v) is 6.46. The lowest BCUT2D eigenvalue weighted by molar-refractivity contribution is -0.108. The number of nitrogens with one attached hydrogen (secondary N) is 1. The largest absolute Gasteiger partial charge is 0.441 e. The molecule has 2 aliphatic heterocycles. The van der Waals surface area contributed by atoms with Gasteiger partial charge in [0.25, 0.3) is 0 Å². The third-order valence-electron chi connectivity index (χ3n) is 5.73. The van der Waals surface area contributed by atoms with Crippen LogP contribution in [0.4, 0.5) is 4.79 Å². The molecule has 0 saturated carbocycles. The second-order valence-corrected chi connectivity index (χ2v) is 9.99. The monoisotopic (exact) mass is 444 g/mol. The van der Waals surface area contributed by atoms with E-state index < -0.39 is 16.1 Å². The van der Waals surface area contributed by atoms with Gasteiger partial charge in [-0.2, -0.15) is 0 Å². The van der Waals surface area contributed by atoms with Gasteiger partial charge in [-0.15, -0.1) is 0 Å². The van der Waals surface area contributed by atoms with E-state index in [0.717, 1.165) is 22.9 Å². The van der Waals surface area contributed by atoms with Gasteiger partial charge >= 0.3 is 6.09 Å². The van der Waals surface area contributed by atoms with Crippen LogP contribution in [0.5, 0.6) is 0 Å². The molecule has 2 saturated heterocycles. The molecule has 8 heteroatoms. The first-order chi connectivity index (χ1) is 14.9. The number of carbonyl (C=O) groups excluding carboxylic acids is 1. The van der Waals surface area contributed by atoms with Crippen molar-refractivity contribution in [3.8, 4) is 11.1 Å². The van der Waals surface area contributed by atoms with Crippen LogP contribution in [0.2, 0.25) is 0 Å².